The van der Waals surface area contributed by atoms with Crippen LogP contribution in [-0.2, 0) is 11.3 Å². The van der Waals surface area contributed by atoms with Crippen molar-refractivity contribution in [1.82, 2.24) is 19.6 Å². The Morgan fingerprint density at radius 3 is 2.50 bits per heavy atom. The van der Waals surface area contributed by atoms with Crippen molar-refractivity contribution < 1.29 is 9.18 Å². The van der Waals surface area contributed by atoms with Crippen LogP contribution in [0.3, 0.4) is 0 Å². The second-order valence-corrected chi connectivity index (χ2v) is 7.37. The first-order valence-electron chi connectivity index (χ1n) is 8.51. The van der Waals surface area contributed by atoms with E-state index in [1.165, 1.54) is 12.1 Å². The summed E-state index contributed by atoms with van der Waals surface area (Å²) >= 11 is 12.1. The van der Waals surface area contributed by atoms with Crippen LogP contribution in [0.25, 0.3) is 0 Å². The molecule has 1 aliphatic heterocycles. The number of rotatable bonds is 4. The minimum Gasteiger partial charge on any atom is -0.338 e. The van der Waals surface area contributed by atoms with Crippen LogP contribution in [0.2, 0.25) is 10.0 Å². The standard InChI is InChI=1S/C18H21Cl2FN4O/c1-12-17(20)11-25(22-12)13(2)18(26)24-7-5-23(6-8-24)10-14-3-4-15(21)9-16(14)19/h3-4,9,11,13H,5-8,10H2,1-2H3. The summed E-state index contributed by atoms with van der Waals surface area (Å²) in [6, 6.07) is 4.07. The lowest BCUT2D eigenvalue weighted by Crippen LogP contribution is -2.50. The lowest BCUT2D eigenvalue weighted by Gasteiger charge is -2.36. The van der Waals surface area contributed by atoms with Crippen molar-refractivity contribution in [2.45, 2.75) is 26.4 Å². The van der Waals surface area contributed by atoms with Crippen molar-refractivity contribution in [2.75, 3.05) is 26.2 Å². The highest BCUT2D eigenvalue weighted by molar-refractivity contribution is 6.31. The lowest BCUT2D eigenvalue weighted by molar-refractivity contribution is -0.136. The second-order valence-electron chi connectivity index (χ2n) is 6.56. The summed E-state index contributed by atoms with van der Waals surface area (Å²) in [5.41, 5.74) is 1.61. The molecule has 1 fully saturated rings. The van der Waals surface area contributed by atoms with E-state index in [-0.39, 0.29) is 17.8 Å². The summed E-state index contributed by atoms with van der Waals surface area (Å²) in [4.78, 5) is 16.8. The van der Waals surface area contributed by atoms with Crippen LogP contribution in [0.1, 0.15) is 24.2 Å². The third-order valence-electron chi connectivity index (χ3n) is 4.70. The molecule has 1 aromatic heterocycles. The zero-order valence-corrected chi connectivity index (χ0v) is 16.3. The molecule has 8 heteroatoms. The fourth-order valence-corrected chi connectivity index (χ4v) is 3.42. The summed E-state index contributed by atoms with van der Waals surface area (Å²) in [5.74, 6) is -0.305. The minimum absolute atomic E-state index is 0.0311. The molecule has 2 heterocycles. The molecule has 1 atom stereocenters. The Balaban J connectivity index is 1.56. The van der Waals surface area contributed by atoms with Crippen molar-refractivity contribution in [3.05, 3.63) is 51.5 Å². The van der Waals surface area contributed by atoms with Gasteiger partial charge < -0.3 is 4.90 Å². The largest absolute Gasteiger partial charge is 0.338 e. The van der Waals surface area contributed by atoms with Crippen molar-refractivity contribution in [1.29, 1.82) is 0 Å². The maximum Gasteiger partial charge on any atom is 0.247 e. The highest BCUT2D eigenvalue weighted by Crippen LogP contribution is 2.21. The molecule has 0 bridgehead atoms. The highest BCUT2D eigenvalue weighted by atomic mass is 35.5. The number of amides is 1. The Labute approximate surface area is 162 Å². The molecule has 1 amide bonds. The van der Waals surface area contributed by atoms with Crippen molar-refractivity contribution in [3.63, 3.8) is 0 Å². The van der Waals surface area contributed by atoms with E-state index in [4.69, 9.17) is 23.2 Å². The molecule has 1 aromatic carbocycles. The van der Waals surface area contributed by atoms with Crippen LogP contribution >= 0.6 is 23.2 Å². The van der Waals surface area contributed by atoms with E-state index in [1.807, 2.05) is 18.7 Å². The molecule has 26 heavy (non-hydrogen) atoms. The summed E-state index contributed by atoms with van der Waals surface area (Å²) in [6.07, 6.45) is 1.69. The van der Waals surface area contributed by atoms with E-state index in [9.17, 15) is 9.18 Å². The molecule has 0 radical (unpaired) electrons. The number of carbonyl (C=O) groups is 1. The number of aromatic nitrogens is 2. The number of benzene rings is 1. The number of halogens is 3. The third-order valence-corrected chi connectivity index (χ3v) is 5.43. The predicted octanol–water partition coefficient (Wildman–Crippen LogP) is 3.54. The van der Waals surface area contributed by atoms with Crippen LogP contribution in [-0.4, -0.2) is 51.7 Å². The molecule has 1 unspecified atom stereocenters. The van der Waals surface area contributed by atoms with Crippen molar-refractivity contribution >= 4 is 29.1 Å². The van der Waals surface area contributed by atoms with Gasteiger partial charge in [0, 0.05) is 43.9 Å². The van der Waals surface area contributed by atoms with E-state index < -0.39 is 0 Å². The number of hydrogen-bond acceptors (Lipinski definition) is 3. The normalized spacial score (nSPS) is 16.7. The van der Waals surface area contributed by atoms with Crippen LogP contribution in [0, 0.1) is 12.7 Å². The quantitative estimate of drug-likeness (QED) is 0.790. The van der Waals surface area contributed by atoms with Gasteiger partial charge >= 0.3 is 0 Å². The Morgan fingerprint density at radius 2 is 1.92 bits per heavy atom. The topological polar surface area (TPSA) is 41.4 Å². The molecule has 3 rings (SSSR count). The average molecular weight is 399 g/mol. The van der Waals surface area contributed by atoms with Gasteiger partial charge in [-0.05, 0) is 31.5 Å². The Kier molecular flexibility index (Phi) is 5.85. The number of hydrogen-bond donors (Lipinski definition) is 0. The predicted molar refractivity (Wildman–Crippen MR) is 100.0 cm³/mol. The Hall–Kier alpha value is -1.63. The maximum atomic E-state index is 13.2. The molecule has 5 nitrogen and oxygen atoms in total. The first-order chi connectivity index (χ1) is 12.3. The first-order valence-corrected chi connectivity index (χ1v) is 9.27. The van der Waals surface area contributed by atoms with Gasteiger partial charge in [0.1, 0.15) is 11.9 Å². The minimum atomic E-state index is -0.390. The number of nitrogens with zero attached hydrogens (tertiary/aromatic N) is 4. The molecule has 0 spiro atoms. The van der Waals surface area contributed by atoms with Crippen molar-refractivity contribution in [3.8, 4) is 0 Å². The van der Waals surface area contributed by atoms with Crippen LogP contribution in [0.15, 0.2) is 24.4 Å². The van der Waals surface area contributed by atoms with E-state index in [0.717, 1.165) is 18.7 Å². The highest BCUT2D eigenvalue weighted by Gasteiger charge is 2.27. The Bertz CT molecular complexity index is 783. The zero-order chi connectivity index (χ0) is 18.8. The van der Waals surface area contributed by atoms with Crippen molar-refractivity contribution in [2.24, 2.45) is 0 Å². The number of piperazine rings is 1. The molecule has 0 N–H and O–H groups in total. The molecule has 140 valence electrons. The van der Waals surface area contributed by atoms with Crippen LogP contribution < -0.4 is 0 Å². The molecular formula is C18H21Cl2FN4O. The summed E-state index contributed by atoms with van der Waals surface area (Å²) in [6.45, 7) is 7.04. The molecule has 0 saturated carbocycles. The Morgan fingerprint density at radius 1 is 1.23 bits per heavy atom. The van der Waals surface area contributed by atoms with Gasteiger partial charge in [-0.1, -0.05) is 29.3 Å². The number of aryl methyl sites for hydroxylation is 1. The van der Waals surface area contributed by atoms with Gasteiger partial charge in [-0.3, -0.25) is 14.4 Å². The second kappa shape index (κ2) is 7.94. The van der Waals surface area contributed by atoms with Crippen LogP contribution in [0.5, 0.6) is 0 Å². The van der Waals surface area contributed by atoms with Gasteiger partial charge in [0.25, 0.3) is 0 Å². The molecular weight excluding hydrogens is 378 g/mol. The molecule has 2 aromatic rings. The maximum absolute atomic E-state index is 13.2. The van der Waals surface area contributed by atoms with E-state index >= 15 is 0 Å². The zero-order valence-electron chi connectivity index (χ0n) is 14.8. The van der Waals surface area contributed by atoms with Crippen LogP contribution in [0.4, 0.5) is 4.39 Å². The SMILES string of the molecule is Cc1nn(C(C)C(=O)N2CCN(Cc3ccc(F)cc3Cl)CC2)cc1Cl. The smallest absolute Gasteiger partial charge is 0.247 e. The van der Waals surface area contributed by atoms with E-state index in [2.05, 4.69) is 10.00 Å². The first kappa shape index (κ1) is 19.1. The monoisotopic (exact) mass is 398 g/mol. The van der Waals surface area contributed by atoms with Gasteiger partial charge in [-0.2, -0.15) is 5.10 Å². The fourth-order valence-electron chi connectivity index (χ4n) is 3.05. The van der Waals surface area contributed by atoms with E-state index in [0.29, 0.717) is 35.4 Å². The summed E-state index contributed by atoms with van der Waals surface area (Å²) in [7, 11) is 0. The molecule has 0 aliphatic carbocycles. The van der Waals surface area contributed by atoms with E-state index in [1.54, 1.807) is 16.9 Å². The van der Waals surface area contributed by atoms with Gasteiger partial charge in [0.15, 0.2) is 0 Å². The molecule has 1 saturated heterocycles. The van der Waals surface area contributed by atoms with Gasteiger partial charge in [0.2, 0.25) is 5.91 Å². The van der Waals surface area contributed by atoms with Gasteiger partial charge in [-0.15, -0.1) is 0 Å². The lowest BCUT2D eigenvalue weighted by atomic mass is 10.2. The number of carbonyl (C=O) groups excluding carboxylic acids is 1. The summed E-state index contributed by atoms with van der Waals surface area (Å²) < 4.78 is 14.8. The summed E-state index contributed by atoms with van der Waals surface area (Å²) in [5, 5.41) is 5.29. The van der Waals surface area contributed by atoms with Gasteiger partial charge in [0.05, 0.1) is 10.7 Å². The molecule has 1 aliphatic rings. The third kappa shape index (κ3) is 4.19. The fraction of sp³-hybridized carbons (Fsp3) is 0.444. The average Bonchev–Trinajstić information content (AvgIpc) is 2.96. The van der Waals surface area contributed by atoms with Gasteiger partial charge in [-0.25, -0.2) is 4.39 Å².